The van der Waals surface area contributed by atoms with E-state index in [2.05, 4.69) is 4.98 Å². The van der Waals surface area contributed by atoms with Crippen molar-refractivity contribution in [1.29, 1.82) is 0 Å². The molecule has 0 radical (unpaired) electrons. The van der Waals surface area contributed by atoms with Crippen molar-refractivity contribution in [1.82, 2.24) is 4.98 Å². The van der Waals surface area contributed by atoms with E-state index in [-0.39, 0.29) is 41.6 Å². The molecular formula is C22H21F3N2O3. The third-order valence-electron chi connectivity index (χ3n) is 4.85. The van der Waals surface area contributed by atoms with Gasteiger partial charge in [-0.3, -0.25) is 9.59 Å². The van der Waals surface area contributed by atoms with Crippen LogP contribution in [-0.4, -0.2) is 29.1 Å². The van der Waals surface area contributed by atoms with Crippen molar-refractivity contribution >= 4 is 22.4 Å². The number of carbonyl (C=O) groups is 1. The second kappa shape index (κ2) is 8.31. The summed E-state index contributed by atoms with van der Waals surface area (Å²) in [6, 6.07) is 11.3. The fourth-order valence-electron chi connectivity index (χ4n) is 3.31. The molecule has 1 heterocycles. The van der Waals surface area contributed by atoms with Crippen molar-refractivity contribution in [2.45, 2.75) is 20.0 Å². The van der Waals surface area contributed by atoms with Gasteiger partial charge in [-0.25, -0.2) is 0 Å². The fraction of sp³-hybridized carbons (Fsp3) is 0.273. The largest absolute Gasteiger partial charge is 0.417 e. The van der Waals surface area contributed by atoms with Crippen LogP contribution in [0.1, 0.15) is 19.4 Å². The standard InChI is InChI=1S/C22H21F3N2O3/c1-13(12-28)11-27(14(2)29)16-8-7-15-9-20(26-21(30)18(15)10-16)17-5-3-4-6-19(17)22(23,24)25/h3-10,13,28H,11-12H2,1-2H3,(H,26,30). The van der Waals surface area contributed by atoms with Gasteiger partial charge in [-0.05, 0) is 35.6 Å². The third kappa shape index (κ3) is 4.38. The molecule has 2 N–H and O–H groups in total. The molecule has 3 rings (SSSR count). The topological polar surface area (TPSA) is 73.4 Å². The predicted molar refractivity (Wildman–Crippen MR) is 109 cm³/mol. The van der Waals surface area contributed by atoms with Crippen LogP contribution in [0.25, 0.3) is 22.0 Å². The number of benzene rings is 2. The van der Waals surface area contributed by atoms with E-state index >= 15 is 0 Å². The Morgan fingerprint density at radius 1 is 1.17 bits per heavy atom. The van der Waals surface area contributed by atoms with Gasteiger partial charge in [-0.1, -0.05) is 31.2 Å². The number of amides is 1. The fourth-order valence-corrected chi connectivity index (χ4v) is 3.31. The number of H-pyrrole nitrogens is 1. The Labute approximate surface area is 170 Å². The van der Waals surface area contributed by atoms with Gasteiger partial charge in [0, 0.05) is 42.4 Å². The van der Waals surface area contributed by atoms with Gasteiger partial charge in [0.25, 0.3) is 5.56 Å². The summed E-state index contributed by atoms with van der Waals surface area (Å²) in [6.07, 6.45) is -4.56. The molecule has 0 saturated carbocycles. The second-order valence-electron chi connectivity index (χ2n) is 7.24. The maximum atomic E-state index is 13.4. The van der Waals surface area contributed by atoms with Gasteiger partial charge in [0.1, 0.15) is 0 Å². The number of aliphatic hydroxyl groups excluding tert-OH is 1. The monoisotopic (exact) mass is 418 g/mol. The zero-order valence-corrected chi connectivity index (χ0v) is 16.5. The number of anilines is 1. The molecule has 1 atom stereocenters. The smallest absolute Gasteiger partial charge is 0.396 e. The molecule has 3 aromatic rings. The van der Waals surface area contributed by atoms with E-state index in [4.69, 9.17) is 0 Å². The van der Waals surface area contributed by atoms with Crippen LogP contribution in [0.2, 0.25) is 0 Å². The van der Waals surface area contributed by atoms with Crippen LogP contribution >= 0.6 is 0 Å². The number of aromatic amines is 1. The van der Waals surface area contributed by atoms with Crippen LogP contribution in [0, 0.1) is 5.92 Å². The number of carbonyl (C=O) groups excluding carboxylic acids is 1. The first kappa shape index (κ1) is 21.6. The highest BCUT2D eigenvalue weighted by atomic mass is 19.4. The predicted octanol–water partition coefficient (Wildman–Crippen LogP) is 4.20. The Kier molecular flexibility index (Phi) is 5.98. The number of nitrogens with one attached hydrogen (secondary N) is 1. The summed E-state index contributed by atoms with van der Waals surface area (Å²) in [6.45, 7) is 3.34. The van der Waals surface area contributed by atoms with E-state index in [1.54, 1.807) is 19.1 Å². The first-order valence-electron chi connectivity index (χ1n) is 9.34. The Morgan fingerprint density at radius 3 is 2.50 bits per heavy atom. The zero-order chi connectivity index (χ0) is 22.1. The van der Waals surface area contributed by atoms with Crippen molar-refractivity contribution in [3.63, 3.8) is 0 Å². The molecule has 0 spiro atoms. The van der Waals surface area contributed by atoms with Crippen molar-refractivity contribution in [2.75, 3.05) is 18.1 Å². The minimum absolute atomic E-state index is 0.0606. The number of pyridine rings is 1. The normalized spacial score (nSPS) is 12.7. The molecule has 1 amide bonds. The lowest BCUT2D eigenvalue weighted by atomic mass is 10.0. The Morgan fingerprint density at radius 2 is 1.87 bits per heavy atom. The molecule has 8 heteroatoms. The first-order valence-corrected chi connectivity index (χ1v) is 9.34. The number of aromatic nitrogens is 1. The summed E-state index contributed by atoms with van der Waals surface area (Å²) in [5.74, 6) is -0.411. The molecule has 2 aromatic carbocycles. The molecule has 5 nitrogen and oxygen atoms in total. The van der Waals surface area contributed by atoms with Crippen LogP contribution in [0.15, 0.2) is 53.3 Å². The number of halogens is 3. The Balaban J connectivity index is 2.11. The van der Waals surface area contributed by atoms with Crippen LogP contribution in [0.3, 0.4) is 0 Å². The van der Waals surface area contributed by atoms with Gasteiger partial charge in [-0.15, -0.1) is 0 Å². The van der Waals surface area contributed by atoms with E-state index in [1.165, 1.54) is 42.2 Å². The zero-order valence-electron chi connectivity index (χ0n) is 16.5. The average Bonchev–Trinajstić information content (AvgIpc) is 2.70. The molecule has 0 saturated heterocycles. The number of nitrogens with zero attached hydrogens (tertiary/aromatic N) is 1. The summed E-state index contributed by atoms with van der Waals surface area (Å²) in [5.41, 5.74) is -0.970. The molecule has 0 aliphatic heterocycles. The summed E-state index contributed by atoms with van der Waals surface area (Å²) < 4.78 is 40.1. The van der Waals surface area contributed by atoms with Gasteiger partial charge in [0.15, 0.2) is 0 Å². The van der Waals surface area contributed by atoms with Gasteiger partial charge in [0.2, 0.25) is 5.91 Å². The summed E-state index contributed by atoms with van der Waals surface area (Å²) in [4.78, 5) is 28.7. The molecule has 1 aromatic heterocycles. The lowest BCUT2D eigenvalue weighted by Gasteiger charge is -2.24. The van der Waals surface area contributed by atoms with Crippen LogP contribution in [-0.2, 0) is 11.0 Å². The number of hydrogen-bond acceptors (Lipinski definition) is 3. The van der Waals surface area contributed by atoms with Crippen LogP contribution < -0.4 is 10.5 Å². The molecule has 0 fully saturated rings. The number of aliphatic hydroxyl groups is 1. The maximum absolute atomic E-state index is 13.4. The molecule has 0 aliphatic rings. The SMILES string of the molecule is CC(=O)N(CC(C)CO)c1ccc2cc(-c3ccccc3C(F)(F)F)[nH]c(=O)c2c1. The molecular weight excluding hydrogens is 397 g/mol. The number of fused-ring (bicyclic) bond motifs is 1. The van der Waals surface area contributed by atoms with Crippen molar-refractivity contribution in [3.05, 3.63) is 64.4 Å². The van der Waals surface area contributed by atoms with Gasteiger partial charge < -0.3 is 15.0 Å². The van der Waals surface area contributed by atoms with E-state index in [0.717, 1.165) is 6.07 Å². The molecule has 158 valence electrons. The minimum atomic E-state index is -4.56. The number of rotatable bonds is 5. The minimum Gasteiger partial charge on any atom is -0.396 e. The van der Waals surface area contributed by atoms with E-state index in [9.17, 15) is 27.9 Å². The lowest BCUT2D eigenvalue weighted by molar-refractivity contribution is -0.137. The quantitative estimate of drug-likeness (QED) is 0.652. The lowest BCUT2D eigenvalue weighted by Crippen LogP contribution is -2.34. The highest BCUT2D eigenvalue weighted by Gasteiger charge is 2.33. The van der Waals surface area contributed by atoms with E-state index in [1.807, 2.05) is 0 Å². The highest BCUT2D eigenvalue weighted by molar-refractivity contribution is 5.95. The van der Waals surface area contributed by atoms with Gasteiger partial charge >= 0.3 is 6.18 Å². The van der Waals surface area contributed by atoms with Crippen molar-refractivity contribution in [3.8, 4) is 11.3 Å². The van der Waals surface area contributed by atoms with Crippen molar-refractivity contribution in [2.24, 2.45) is 5.92 Å². The average molecular weight is 418 g/mol. The summed E-state index contributed by atoms with van der Waals surface area (Å²) in [7, 11) is 0. The summed E-state index contributed by atoms with van der Waals surface area (Å²) >= 11 is 0. The Hall–Kier alpha value is -3.13. The number of hydrogen-bond donors (Lipinski definition) is 2. The number of alkyl halides is 3. The molecule has 0 aliphatic carbocycles. The van der Waals surface area contributed by atoms with Crippen LogP contribution in [0.4, 0.5) is 18.9 Å². The third-order valence-corrected chi connectivity index (χ3v) is 4.85. The van der Waals surface area contributed by atoms with E-state index in [0.29, 0.717) is 11.1 Å². The maximum Gasteiger partial charge on any atom is 0.417 e. The molecule has 30 heavy (non-hydrogen) atoms. The van der Waals surface area contributed by atoms with Gasteiger partial charge in [0.05, 0.1) is 5.56 Å². The van der Waals surface area contributed by atoms with Crippen LogP contribution in [0.5, 0.6) is 0 Å². The van der Waals surface area contributed by atoms with Crippen molar-refractivity contribution < 1.29 is 23.1 Å². The van der Waals surface area contributed by atoms with Gasteiger partial charge in [-0.2, -0.15) is 13.2 Å². The second-order valence-corrected chi connectivity index (χ2v) is 7.24. The molecule has 0 bridgehead atoms. The van der Waals surface area contributed by atoms with E-state index < -0.39 is 17.3 Å². The molecule has 1 unspecified atom stereocenters. The first-order chi connectivity index (χ1) is 14.1. The Bertz CT molecular complexity index is 1140. The summed E-state index contributed by atoms with van der Waals surface area (Å²) in [5, 5.41) is 9.98. The highest BCUT2D eigenvalue weighted by Crippen LogP contribution is 2.36.